The predicted octanol–water partition coefficient (Wildman–Crippen LogP) is 4.05. The van der Waals surface area contributed by atoms with Crippen molar-refractivity contribution in [3.8, 4) is 11.1 Å². The highest BCUT2D eigenvalue weighted by molar-refractivity contribution is 7.80. The third kappa shape index (κ3) is 2.79. The standard InChI is InChI=1S/C15H18N2S/c1-2-10-17-15-13(4-3-5-14(15)16)11-6-8-12(18)9-7-11/h3-9,17-18H,2,10,16H2,1H3. The van der Waals surface area contributed by atoms with Crippen molar-refractivity contribution in [3.05, 3.63) is 42.5 Å². The Morgan fingerprint density at radius 3 is 2.50 bits per heavy atom. The van der Waals surface area contributed by atoms with E-state index in [1.165, 1.54) is 0 Å². The average molecular weight is 258 g/mol. The summed E-state index contributed by atoms with van der Waals surface area (Å²) in [5.74, 6) is 0. The number of hydrogen-bond donors (Lipinski definition) is 3. The normalized spacial score (nSPS) is 10.3. The minimum atomic E-state index is 0.788. The Morgan fingerprint density at radius 2 is 1.83 bits per heavy atom. The summed E-state index contributed by atoms with van der Waals surface area (Å²) >= 11 is 4.31. The molecule has 0 aromatic heterocycles. The van der Waals surface area contributed by atoms with Gasteiger partial charge in [-0.3, -0.25) is 0 Å². The zero-order chi connectivity index (χ0) is 13.0. The summed E-state index contributed by atoms with van der Waals surface area (Å²) in [7, 11) is 0. The lowest BCUT2D eigenvalue weighted by molar-refractivity contribution is 0.981. The number of nitrogens with one attached hydrogen (secondary N) is 1. The number of hydrogen-bond acceptors (Lipinski definition) is 3. The van der Waals surface area contributed by atoms with Crippen LogP contribution in [0.3, 0.4) is 0 Å². The first-order chi connectivity index (χ1) is 8.72. The second-order valence-corrected chi connectivity index (χ2v) is 4.76. The smallest absolute Gasteiger partial charge is 0.0653 e. The zero-order valence-corrected chi connectivity index (χ0v) is 11.4. The van der Waals surface area contributed by atoms with Crippen molar-refractivity contribution in [2.75, 3.05) is 17.6 Å². The molecule has 0 unspecified atom stereocenters. The van der Waals surface area contributed by atoms with Crippen molar-refractivity contribution in [3.63, 3.8) is 0 Å². The van der Waals surface area contributed by atoms with Gasteiger partial charge in [0.2, 0.25) is 0 Å². The highest BCUT2D eigenvalue weighted by Crippen LogP contribution is 2.33. The first-order valence-corrected chi connectivity index (χ1v) is 6.59. The van der Waals surface area contributed by atoms with Gasteiger partial charge < -0.3 is 11.1 Å². The predicted molar refractivity (Wildman–Crippen MR) is 82.3 cm³/mol. The number of nitrogen functional groups attached to an aromatic ring is 1. The van der Waals surface area contributed by atoms with Crippen LogP contribution in [-0.2, 0) is 0 Å². The summed E-state index contributed by atoms with van der Waals surface area (Å²) in [5, 5.41) is 3.40. The maximum Gasteiger partial charge on any atom is 0.0653 e. The molecule has 0 aliphatic heterocycles. The van der Waals surface area contributed by atoms with Gasteiger partial charge in [-0.2, -0.15) is 0 Å². The van der Waals surface area contributed by atoms with E-state index in [0.717, 1.165) is 40.4 Å². The summed E-state index contributed by atoms with van der Waals surface area (Å²) in [5.41, 5.74) is 10.1. The molecule has 2 rings (SSSR count). The molecule has 2 nitrogen and oxygen atoms in total. The van der Waals surface area contributed by atoms with Crippen LogP contribution >= 0.6 is 12.6 Å². The highest BCUT2D eigenvalue weighted by Gasteiger charge is 2.07. The van der Waals surface area contributed by atoms with Gasteiger partial charge in [0.05, 0.1) is 11.4 Å². The van der Waals surface area contributed by atoms with Gasteiger partial charge in [-0.25, -0.2) is 0 Å². The van der Waals surface area contributed by atoms with Crippen LogP contribution in [0.4, 0.5) is 11.4 Å². The van der Waals surface area contributed by atoms with E-state index in [2.05, 4.69) is 43.1 Å². The molecule has 94 valence electrons. The minimum absolute atomic E-state index is 0.788. The van der Waals surface area contributed by atoms with Crippen LogP contribution in [0.5, 0.6) is 0 Å². The van der Waals surface area contributed by atoms with Crippen LogP contribution in [0.15, 0.2) is 47.4 Å². The Bertz CT molecular complexity index is 521. The zero-order valence-electron chi connectivity index (χ0n) is 10.5. The number of nitrogens with two attached hydrogens (primary N) is 1. The number of thiol groups is 1. The number of anilines is 2. The fourth-order valence-electron chi connectivity index (χ4n) is 1.90. The average Bonchev–Trinajstić information content (AvgIpc) is 2.38. The molecule has 0 spiro atoms. The Hall–Kier alpha value is -1.61. The van der Waals surface area contributed by atoms with E-state index >= 15 is 0 Å². The number of para-hydroxylation sites is 1. The van der Waals surface area contributed by atoms with Crippen LogP contribution in [-0.4, -0.2) is 6.54 Å². The van der Waals surface area contributed by atoms with Crippen LogP contribution in [0, 0.1) is 0 Å². The van der Waals surface area contributed by atoms with Gasteiger partial charge in [0.25, 0.3) is 0 Å². The first-order valence-electron chi connectivity index (χ1n) is 6.14. The lowest BCUT2D eigenvalue weighted by Gasteiger charge is -2.14. The molecule has 0 fully saturated rings. The van der Waals surface area contributed by atoms with Crippen molar-refractivity contribution >= 4 is 24.0 Å². The van der Waals surface area contributed by atoms with Crippen molar-refractivity contribution in [2.45, 2.75) is 18.2 Å². The van der Waals surface area contributed by atoms with Crippen LogP contribution in [0.2, 0.25) is 0 Å². The molecule has 0 bridgehead atoms. The van der Waals surface area contributed by atoms with Crippen molar-refractivity contribution in [2.24, 2.45) is 0 Å². The van der Waals surface area contributed by atoms with Crippen molar-refractivity contribution in [1.29, 1.82) is 0 Å². The summed E-state index contributed by atoms with van der Waals surface area (Å²) in [4.78, 5) is 0.964. The molecule has 3 heteroatoms. The van der Waals surface area contributed by atoms with Gasteiger partial charge in [0.1, 0.15) is 0 Å². The Kier molecular flexibility index (Phi) is 4.15. The summed E-state index contributed by atoms with van der Waals surface area (Å²) in [6, 6.07) is 14.1. The number of rotatable bonds is 4. The molecule has 0 saturated heterocycles. The Labute approximate surface area is 114 Å². The second-order valence-electron chi connectivity index (χ2n) is 4.24. The van der Waals surface area contributed by atoms with Crippen LogP contribution in [0.1, 0.15) is 13.3 Å². The maximum atomic E-state index is 6.05. The van der Waals surface area contributed by atoms with Gasteiger partial charge in [0, 0.05) is 17.0 Å². The molecule has 0 atom stereocenters. The fourth-order valence-corrected chi connectivity index (χ4v) is 2.05. The monoisotopic (exact) mass is 258 g/mol. The minimum Gasteiger partial charge on any atom is -0.397 e. The van der Waals surface area contributed by atoms with Crippen molar-refractivity contribution in [1.82, 2.24) is 0 Å². The fraction of sp³-hybridized carbons (Fsp3) is 0.200. The van der Waals surface area contributed by atoms with E-state index in [0.29, 0.717) is 0 Å². The lowest BCUT2D eigenvalue weighted by atomic mass is 10.0. The molecule has 3 N–H and O–H groups in total. The van der Waals surface area contributed by atoms with Gasteiger partial charge in [-0.1, -0.05) is 31.2 Å². The van der Waals surface area contributed by atoms with E-state index in [1.54, 1.807) is 0 Å². The third-order valence-electron chi connectivity index (χ3n) is 2.83. The summed E-state index contributed by atoms with van der Waals surface area (Å²) < 4.78 is 0. The van der Waals surface area contributed by atoms with Crippen LogP contribution < -0.4 is 11.1 Å². The van der Waals surface area contributed by atoms with E-state index in [-0.39, 0.29) is 0 Å². The molecule has 0 radical (unpaired) electrons. The van der Waals surface area contributed by atoms with Gasteiger partial charge in [-0.05, 0) is 30.2 Å². The third-order valence-corrected chi connectivity index (χ3v) is 3.12. The van der Waals surface area contributed by atoms with E-state index < -0.39 is 0 Å². The molecule has 0 aliphatic rings. The van der Waals surface area contributed by atoms with Crippen molar-refractivity contribution < 1.29 is 0 Å². The molecule has 0 saturated carbocycles. The largest absolute Gasteiger partial charge is 0.397 e. The number of benzene rings is 2. The molecule has 2 aromatic rings. The Morgan fingerprint density at radius 1 is 1.11 bits per heavy atom. The lowest BCUT2D eigenvalue weighted by Crippen LogP contribution is -2.04. The molecule has 18 heavy (non-hydrogen) atoms. The molecule has 0 heterocycles. The summed E-state index contributed by atoms with van der Waals surface area (Å²) in [6.07, 6.45) is 1.07. The molecule has 2 aromatic carbocycles. The quantitative estimate of drug-likeness (QED) is 0.572. The second kappa shape index (κ2) is 5.83. The topological polar surface area (TPSA) is 38.0 Å². The summed E-state index contributed by atoms with van der Waals surface area (Å²) in [6.45, 7) is 3.06. The SMILES string of the molecule is CCCNc1c(N)cccc1-c1ccc(S)cc1. The van der Waals surface area contributed by atoms with Gasteiger partial charge >= 0.3 is 0 Å². The molecule has 0 aliphatic carbocycles. The highest BCUT2D eigenvalue weighted by atomic mass is 32.1. The molecular formula is C15H18N2S. The van der Waals surface area contributed by atoms with E-state index in [4.69, 9.17) is 5.73 Å². The molecule has 0 amide bonds. The van der Waals surface area contributed by atoms with E-state index in [9.17, 15) is 0 Å². The van der Waals surface area contributed by atoms with E-state index in [1.807, 2.05) is 24.3 Å². The first kappa shape index (κ1) is 12.8. The molecular weight excluding hydrogens is 240 g/mol. The Balaban J connectivity index is 2.43. The van der Waals surface area contributed by atoms with Crippen LogP contribution in [0.25, 0.3) is 11.1 Å². The van der Waals surface area contributed by atoms with Gasteiger partial charge in [-0.15, -0.1) is 12.6 Å². The maximum absolute atomic E-state index is 6.05. The van der Waals surface area contributed by atoms with Gasteiger partial charge in [0.15, 0.2) is 0 Å².